The second kappa shape index (κ2) is 14.8. The van der Waals surface area contributed by atoms with Gasteiger partial charge in [-0.25, -0.2) is 0 Å². The number of aliphatic hydroxyl groups is 2. The molecule has 0 amide bonds. The monoisotopic (exact) mass is 511 g/mol. The van der Waals surface area contributed by atoms with Crippen molar-refractivity contribution in [3.05, 3.63) is 101 Å². The topological polar surface area (TPSA) is 90.9 Å². The SMILES string of the molecule is C=NC(C)c1cc(N)cc(Cl)c1.CC(C)(O)C(C)(C)O.CC(NCc1ccccc1)c1ccccc1. The van der Waals surface area contributed by atoms with Crippen LogP contribution in [0.2, 0.25) is 5.02 Å². The molecule has 5 N–H and O–H groups in total. The van der Waals surface area contributed by atoms with Crippen LogP contribution in [0, 0.1) is 0 Å². The first kappa shape index (κ1) is 31.3. The van der Waals surface area contributed by atoms with Gasteiger partial charge in [0.25, 0.3) is 0 Å². The van der Waals surface area contributed by atoms with Crippen molar-refractivity contribution in [2.75, 3.05) is 5.73 Å². The Hall–Kier alpha value is -2.70. The first-order valence-electron chi connectivity index (χ1n) is 12.0. The van der Waals surface area contributed by atoms with E-state index in [4.69, 9.17) is 27.5 Å². The van der Waals surface area contributed by atoms with Crippen LogP contribution in [0.3, 0.4) is 0 Å². The predicted octanol–water partition coefficient (Wildman–Crippen LogP) is 6.75. The molecular formula is C30H42ClN3O2. The van der Waals surface area contributed by atoms with Crippen LogP contribution in [0.25, 0.3) is 0 Å². The lowest BCUT2D eigenvalue weighted by molar-refractivity contribution is -0.107. The van der Waals surface area contributed by atoms with Crippen molar-refractivity contribution in [2.45, 2.75) is 71.4 Å². The normalized spacial score (nSPS) is 12.8. The minimum atomic E-state index is -1.01. The summed E-state index contributed by atoms with van der Waals surface area (Å²) in [5.74, 6) is 0. The van der Waals surface area contributed by atoms with Crippen LogP contribution in [0.5, 0.6) is 0 Å². The summed E-state index contributed by atoms with van der Waals surface area (Å²) in [4.78, 5) is 3.88. The predicted molar refractivity (Wildman–Crippen MR) is 155 cm³/mol. The number of aliphatic imine (C=N–C) groups is 1. The Morgan fingerprint density at radius 2 is 1.36 bits per heavy atom. The number of rotatable bonds is 7. The fourth-order valence-electron chi connectivity index (χ4n) is 2.71. The van der Waals surface area contributed by atoms with Crippen molar-refractivity contribution in [3.8, 4) is 0 Å². The molecule has 0 aromatic heterocycles. The van der Waals surface area contributed by atoms with Gasteiger partial charge in [0.05, 0.1) is 17.2 Å². The van der Waals surface area contributed by atoms with Crippen molar-refractivity contribution in [3.63, 3.8) is 0 Å². The van der Waals surface area contributed by atoms with E-state index in [-0.39, 0.29) is 6.04 Å². The van der Waals surface area contributed by atoms with Crippen LogP contribution >= 0.6 is 11.6 Å². The summed E-state index contributed by atoms with van der Waals surface area (Å²) in [5, 5.41) is 22.4. The molecule has 0 heterocycles. The van der Waals surface area contributed by atoms with Crippen LogP contribution < -0.4 is 11.1 Å². The molecular weight excluding hydrogens is 470 g/mol. The van der Waals surface area contributed by atoms with E-state index in [0.717, 1.165) is 12.1 Å². The summed E-state index contributed by atoms with van der Waals surface area (Å²) >= 11 is 5.81. The number of benzene rings is 3. The standard InChI is InChI=1S/C15H17N.C9H11ClN2.C6H14O2/c1-13(15-10-6-3-7-11-15)16-12-14-8-4-2-5-9-14;1-6(12-2)7-3-8(10)5-9(11)4-7;1-5(2,7)6(3,4)8/h2-11,13,16H,12H2,1H3;3-6H,2,11H2,1H3;7-8H,1-4H3. The van der Waals surface area contributed by atoms with Gasteiger partial charge in [-0.05, 0) is 83.1 Å². The van der Waals surface area contributed by atoms with Crippen molar-refractivity contribution in [1.82, 2.24) is 5.32 Å². The van der Waals surface area contributed by atoms with E-state index < -0.39 is 11.2 Å². The highest BCUT2D eigenvalue weighted by atomic mass is 35.5. The highest BCUT2D eigenvalue weighted by Gasteiger charge is 2.31. The molecule has 36 heavy (non-hydrogen) atoms. The Balaban J connectivity index is 0.000000288. The van der Waals surface area contributed by atoms with E-state index in [2.05, 4.69) is 72.5 Å². The molecule has 2 atom stereocenters. The van der Waals surface area contributed by atoms with Gasteiger partial charge in [0.2, 0.25) is 0 Å². The zero-order valence-electron chi connectivity index (χ0n) is 22.4. The highest BCUT2D eigenvalue weighted by Crippen LogP contribution is 2.23. The maximum Gasteiger partial charge on any atom is 0.0872 e. The molecule has 6 heteroatoms. The quantitative estimate of drug-likeness (QED) is 0.208. The zero-order chi connectivity index (χ0) is 27.4. The van der Waals surface area contributed by atoms with E-state index in [1.54, 1.807) is 33.8 Å². The van der Waals surface area contributed by atoms with Crippen LogP contribution in [-0.2, 0) is 6.54 Å². The van der Waals surface area contributed by atoms with Crippen molar-refractivity contribution < 1.29 is 10.2 Å². The summed E-state index contributed by atoms with van der Waals surface area (Å²) in [6.45, 7) is 14.8. The Labute approximate surface area is 222 Å². The molecule has 0 aliphatic carbocycles. The largest absolute Gasteiger partial charge is 0.399 e. The lowest BCUT2D eigenvalue weighted by Crippen LogP contribution is -2.44. The first-order chi connectivity index (χ1) is 16.7. The molecule has 0 radical (unpaired) electrons. The number of hydrogen-bond donors (Lipinski definition) is 4. The van der Waals surface area contributed by atoms with Gasteiger partial charge in [-0.3, -0.25) is 4.99 Å². The summed E-state index contributed by atoms with van der Waals surface area (Å²) in [5.41, 5.74) is 7.90. The maximum absolute atomic E-state index is 9.10. The number of nitrogens with one attached hydrogen (secondary N) is 1. The first-order valence-corrected chi connectivity index (χ1v) is 12.4. The van der Waals surface area contributed by atoms with E-state index in [1.807, 2.05) is 31.2 Å². The molecule has 0 saturated heterocycles. The Kier molecular flexibility index (Phi) is 12.8. The Morgan fingerprint density at radius 3 is 1.81 bits per heavy atom. The third-order valence-electron chi connectivity index (χ3n) is 5.95. The molecule has 3 aromatic rings. The number of hydrogen-bond acceptors (Lipinski definition) is 5. The van der Waals surface area contributed by atoms with Gasteiger partial charge < -0.3 is 21.3 Å². The summed E-state index contributed by atoms with van der Waals surface area (Å²) in [7, 11) is 0. The van der Waals surface area contributed by atoms with Gasteiger partial charge in [-0.15, -0.1) is 0 Å². The van der Waals surface area contributed by atoms with Crippen LogP contribution in [0.15, 0.2) is 83.9 Å². The number of nitrogen functional groups attached to an aromatic ring is 1. The molecule has 3 aromatic carbocycles. The second-order valence-electron chi connectivity index (χ2n) is 9.79. The van der Waals surface area contributed by atoms with E-state index >= 15 is 0 Å². The number of halogens is 1. The van der Waals surface area contributed by atoms with E-state index in [1.165, 1.54) is 11.1 Å². The molecule has 0 saturated carbocycles. The van der Waals surface area contributed by atoms with Gasteiger partial charge in [0.1, 0.15) is 0 Å². The lowest BCUT2D eigenvalue weighted by atomic mass is 9.90. The Morgan fingerprint density at radius 1 is 0.861 bits per heavy atom. The molecule has 0 spiro atoms. The number of nitrogens with two attached hydrogens (primary N) is 1. The molecule has 2 unspecified atom stereocenters. The molecule has 0 bridgehead atoms. The highest BCUT2D eigenvalue weighted by molar-refractivity contribution is 6.30. The van der Waals surface area contributed by atoms with Crippen LogP contribution in [0.4, 0.5) is 5.69 Å². The number of nitrogens with zero attached hydrogens (tertiary/aromatic N) is 1. The van der Waals surface area contributed by atoms with Crippen molar-refractivity contribution in [2.24, 2.45) is 4.99 Å². The lowest BCUT2D eigenvalue weighted by Gasteiger charge is -2.31. The van der Waals surface area contributed by atoms with Gasteiger partial charge in [0.15, 0.2) is 0 Å². The summed E-state index contributed by atoms with van der Waals surface area (Å²) < 4.78 is 0. The molecule has 0 fully saturated rings. The third-order valence-corrected chi connectivity index (χ3v) is 6.17. The van der Waals surface area contributed by atoms with Crippen LogP contribution in [0.1, 0.15) is 70.3 Å². The molecule has 0 aliphatic rings. The average molecular weight is 512 g/mol. The minimum absolute atomic E-state index is 0.0472. The van der Waals surface area contributed by atoms with E-state index in [0.29, 0.717) is 16.8 Å². The fourth-order valence-corrected chi connectivity index (χ4v) is 2.96. The molecule has 0 aliphatic heterocycles. The second-order valence-corrected chi connectivity index (χ2v) is 10.2. The maximum atomic E-state index is 9.10. The van der Waals surface area contributed by atoms with Gasteiger partial charge >= 0.3 is 0 Å². The van der Waals surface area contributed by atoms with Crippen molar-refractivity contribution >= 4 is 24.0 Å². The zero-order valence-corrected chi connectivity index (χ0v) is 23.1. The van der Waals surface area contributed by atoms with E-state index in [9.17, 15) is 0 Å². The third kappa shape index (κ3) is 11.8. The minimum Gasteiger partial charge on any atom is -0.399 e. The average Bonchev–Trinajstić information content (AvgIpc) is 2.82. The summed E-state index contributed by atoms with van der Waals surface area (Å²) in [6, 6.07) is 26.8. The molecule has 5 nitrogen and oxygen atoms in total. The van der Waals surface area contributed by atoms with Gasteiger partial charge in [-0.1, -0.05) is 72.3 Å². The summed E-state index contributed by atoms with van der Waals surface area (Å²) in [6.07, 6.45) is 0. The fraction of sp³-hybridized carbons (Fsp3) is 0.367. The smallest absolute Gasteiger partial charge is 0.0872 e. The Bertz CT molecular complexity index is 997. The van der Waals surface area contributed by atoms with Gasteiger partial charge in [-0.2, -0.15) is 0 Å². The molecule has 3 rings (SSSR count). The molecule has 196 valence electrons. The number of anilines is 1. The van der Waals surface area contributed by atoms with Crippen molar-refractivity contribution in [1.29, 1.82) is 0 Å². The van der Waals surface area contributed by atoms with Gasteiger partial charge in [0, 0.05) is 23.3 Å². The van der Waals surface area contributed by atoms with Crippen LogP contribution in [-0.4, -0.2) is 28.1 Å².